The van der Waals surface area contributed by atoms with Crippen LogP contribution in [0, 0.1) is 23.7 Å². The highest BCUT2D eigenvalue weighted by Gasteiger charge is 2.50. The van der Waals surface area contributed by atoms with Crippen molar-refractivity contribution in [3.63, 3.8) is 0 Å². The van der Waals surface area contributed by atoms with E-state index in [2.05, 4.69) is 15.6 Å². The Balaban J connectivity index is 0.823. The summed E-state index contributed by atoms with van der Waals surface area (Å²) in [7, 11) is 0. The maximum Gasteiger partial charge on any atom is 0.259 e. The van der Waals surface area contributed by atoms with Gasteiger partial charge in [0.25, 0.3) is 5.91 Å². The number of hydrogen-bond donors (Lipinski definition) is 2. The standard InChI is InChI=1S/C52H56ClN7O7S/c1-33-45(67-32-56-33)37-13-11-34(12-14-37)30-55-47(62)43-10-9-25-58(43)48(63)46(51(2,3)4)57-44(61)31-65-26-7-8-27-66-41-23-18-36(19-24-41)35-15-20-39(21-16-35)60-50(68)59(49(64)52(60,5)6)40-22-17-38(29-54)42(53)28-40/h11-24,28,32,43,46H,7-10,25-27,30-31H2,1-6H3,(H,55,62)(H,57,61)/t43-,46?/m0/s1. The molecule has 1 unspecified atom stereocenters. The first kappa shape index (κ1) is 49.3. The Morgan fingerprint density at radius 2 is 1.60 bits per heavy atom. The maximum atomic E-state index is 14.0. The van der Waals surface area contributed by atoms with Crippen LogP contribution in [0.5, 0.6) is 5.75 Å². The molecule has 3 heterocycles. The smallest absolute Gasteiger partial charge is 0.259 e. The van der Waals surface area contributed by atoms with E-state index in [1.54, 1.807) is 23.1 Å². The van der Waals surface area contributed by atoms with Crippen LogP contribution in [-0.4, -0.2) is 82.6 Å². The Kier molecular flexibility index (Phi) is 15.3. The number of amides is 4. The van der Waals surface area contributed by atoms with Crippen molar-refractivity contribution in [3.8, 4) is 34.3 Å². The molecule has 7 rings (SSSR count). The van der Waals surface area contributed by atoms with Crippen molar-refractivity contribution < 1.29 is 33.1 Å². The zero-order valence-electron chi connectivity index (χ0n) is 39.1. The summed E-state index contributed by atoms with van der Waals surface area (Å²) in [6, 6.07) is 28.7. The third-order valence-electron chi connectivity index (χ3n) is 12.2. The Morgan fingerprint density at radius 1 is 0.956 bits per heavy atom. The zero-order valence-corrected chi connectivity index (χ0v) is 40.7. The van der Waals surface area contributed by atoms with Crippen molar-refractivity contribution in [1.29, 1.82) is 5.26 Å². The molecule has 2 saturated heterocycles. The van der Waals surface area contributed by atoms with Crippen LogP contribution in [0.2, 0.25) is 5.02 Å². The fourth-order valence-corrected chi connectivity index (χ4v) is 9.12. The van der Waals surface area contributed by atoms with Gasteiger partial charge < -0.3 is 34.3 Å². The number of thiocarbonyl (C=S) groups is 1. The number of rotatable bonds is 17. The van der Waals surface area contributed by atoms with Crippen molar-refractivity contribution in [3.05, 3.63) is 119 Å². The van der Waals surface area contributed by atoms with E-state index in [0.29, 0.717) is 74.1 Å². The molecule has 354 valence electrons. The largest absolute Gasteiger partial charge is 0.494 e. The number of aryl methyl sites for hydroxylation is 1. The third kappa shape index (κ3) is 11.1. The van der Waals surface area contributed by atoms with Gasteiger partial charge in [0.05, 0.1) is 28.6 Å². The van der Waals surface area contributed by atoms with Gasteiger partial charge in [-0.2, -0.15) is 5.26 Å². The molecule has 2 fully saturated rings. The Morgan fingerprint density at radius 3 is 2.24 bits per heavy atom. The minimum Gasteiger partial charge on any atom is -0.494 e. The van der Waals surface area contributed by atoms with Gasteiger partial charge in [-0.05, 0) is 123 Å². The number of halogens is 1. The minimum absolute atomic E-state index is 0.200. The number of ether oxygens (including phenoxy) is 2. The number of nitrogens with zero attached hydrogens (tertiary/aromatic N) is 5. The van der Waals surface area contributed by atoms with Crippen LogP contribution in [0.4, 0.5) is 11.4 Å². The molecule has 2 N–H and O–H groups in total. The van der Waals surface area contributed by atoms with E-state index >= 15 is 0 Å². The normalized spacial score (nSPS) is 16.1. The lowest BCUT2D eigenvalue weighted by atomic mass is 9.85. The van der Waals surface area contributed by atoms with E-state index in [0.717, 1.165) is 39.4 Å². The van der Waals surface area contributed by atoms with Crippen LogP contribution in [0.15, 0.2) is 102 Å². The summed E-state index contributed by atoms with van der Waals surface area (Å²) in [4.78, 5) is 63.0. The van der Waals surface area contributed by atoms with Gasteiger partial charge in [0.1, 0.15) is 36.0 Å². The van der Waals surface area contributed by atoms with Crippen LogP contribution in [-0.2, 0) is 30.5 Å². The van der Waals surface area contributed by atoms with Crippen molar-refractivity contribution >= 4 is 63.9 Å². The number of aromatic nitrogens is 1. The second-order valence-corrected chi connectivity index (χ2v) is 19.3. The van der Waals surface area contributed by atoms with Crippen molar-refractivity contribution in [2.75, 3.05) is 36.2 Å². The van der Waals surface area contributed by atoms with Crippen molar-refractivity contribution in [2.45, 2.75) is 91.4 Å². The molecule has 14 nitrogen and oxygen atoms in total. The number of unbranched alkanes of at least 4 members (excludes halogenated alkanes) is 1. The van der Waals surface area contributed by atoms with E-state index in [1.165, 1.54) is 11.3 Å². The van der Waals surface area contributed by atoms with Gasteiger partial charge in [0, 0.05) is 30.9 Å². The van der Waals surface area contributed by atoms with E-state index in [-0.39, 0.29) is 29.4 Å². The zero-order chi connectivity index (χ0) is 48.8. The quantitative estimate of drug-likeness (QED) is 0.0675. The monoisotopic (exact) mass is 957 g/mol. The number of hydrogen-bond acceptors (Lipinski definition) is 10. The molecule has 0 radical (unpaired) electrons. The summed E-state index contributed by atoms with van der Waals surface area (Å²) in [6.45, 7) is 12.5. The number of carbonyl (C=O) groups excluding carboxylic acids is 4. The molecule has 1 aromatic heterocycles. The first-order valence-electron chi connectivity index (χ1n) is 22.6. The SMILES string of the molecule is Cc1ncoc1-c1ccc(CNC(=O)[C@@H]2CCCN2C(=O)C(NC(=O)COCCCCOc2ccc(-c3ccc(N4C(=S)N(c5ccc(C#N)c(Cl)c5)C(=O)C4(C)C)cc3)cc2)C(C)(C)C)cc1. The first-order chi connectivity index (χ1) is 32.5. The third-order valence-corrected chi connectivity index (χ3v) is 12.9. The number of nitrogens with one attached hydrogen (secondary N) is 2. The van der Waals surface area contributed by atoms with E-state index < -0.39 is 28.9 Å². The molecule has 0 spiro atoms. The average molecular weight is 959 g/mol. The predicted molar refractivity (Wildman–Crippen MR) is 265 cm³/mol. The molecule has 5 aromatic rings. The number of anilines is 2. The molecule has 2 atom stereocenters. The lowest BCUT2D eigenvalue weighted by molar-refractivity contribution is -0.144. The summed E-state index contributed by atoms with van der Waals surface area (Å²) in [5.41, 5.74) is 4.57. The molecule has 4 aromatic carbocycles. The van der Waals surface area contributed by atoms with Gasteiger partial charge in [-0.3, -0.25) is 24.1 Å². The first-order valence-corrected chi connectivity index (χ1v) is 23.4. The van der Waals surface area contributed by atoms with E-state index in [4.69, 9.17) is 37.7 Å². The van der Waals surface area contributed by atoms with Crippen LogP contribution in [0.1, 0.15) is 77.1 Å². The van der Waals surface area contributed by atoms with Crippen LogP contribution < -0.4 is 25.2 Å². The molecular formula is C52H56ClN7O7S. The summed E-state index contributed by atoms with van der Waals surface area (Å²) >= 11 is 12.1. The lowest BCUT2D eigenvalue weighted by Gasteiger charge is -2.35. The summed E-state index contributed by atoms with van der Waals surface area (Å²) in [5.74, 6) is 0.305. The molecule has 2 aliphatic heterocycles. The number of benzene rings is 4. The van der Waals surface area contributed by atoms with Crippen LogP contribution >= 0.6 is 23.8 Å². The Hall–Kier alpha value is -6.60. The van der Waals surface area contributed by atoms with Gasteiger partial charge in [-0.15, -0.1) is 0 Å². The summed E-state index contributed by atoms with van der Waals surface area (Å²) in [6.07, 6.45) is 4.01. The molecule has 0 bridgehead atoms. The molecule has 16 heteroatoms. The second kappa shape index (κ2) is 21.1. The fourth-order valence-electron chi connectivity index (χ4n) is 8.38. The number of nitriles is 1. The number of oxazole rings is 1. The topological polar surface area (TPSA) is 170 Å². The second-order valence-electron chi connectivity index (χ2n) is 18.5. The predicted octanol–water partition coefficient (Wildman–Crippen LogP) is 8.77. The number of carbonyl (C=O) groups is 4. The molecule has 0 saturated carbocycles. The van der Waals surface area contributed by atoms with Crippen molar-refractivity contribution in [2.24, 2.45) is 5.41 Å². The molecule has 0 aliphatic carbocycles. The highest BCUT2D eigenvalue weighted by molar-refractivity contribution is 7.81. The lowest BCUT2D eigenvalue weighted by Crippen LogP contribution is -2.58. The molecule has 4 amide bonds. The van der Waals surface area contributed by atoms with Crippen LogP contribution in [0.3, 0.4) is 0 Å². The fraction of sp³-hybridized carbons (Fsp3) is 0.365. The Bertz CT molecular complexity index is 2690. The molecule has 2 aliphatic rings. The minimum atomic E-state index is -0.964. The summed E-state index contributed by atoms with van der Waals surface area (Å²) in [5, 5.41) is 15.7. The van der Waals surface area contributed by atoms with Gasteiger partial charge in [-0.25, -0.2) is 4.98 Å². The summed E-state index contributed by atoms with van der Waals surface area (Å²) < 4.78 is 17.1. The highest BCUT2D eigenvalue weighted by Crippen LogP contribution is 2.38. The Labute approximate surface area is 407 Å². The van der Waals surface area contributed by atoms with E-state index in [1.807, 2.05) is 125 Å². The number of likely N-dealkylation sites (tertiary alicyclic amines) is 1. The molecular weight excluding hydrogens is 902 g/mol. The van der Waals surface area contributed by atoms with Gasteiger partial charge in [0.15, 0.2) is 17.3 Å². The van der Waals surface area contributed by atoms with Gasteiger partial charge in [-0.1, -0.05) is 80.9 Å². The van der Waals surface area contributed by atoms with Crippen LogP contribution in [0.25, 0.3) is 22.5 Å². The highest BCUT2D eigenvalue weighted by atomic mass is 35.5. The van der Waals surface area contributed by atoms with E-state index in [9.17, 15) is 24.4 Å². The maximum absolute atomic E-state index is 14.0. The average Bonchev–Trinajstić information content (AvgIpc) is 4.03. The van der Waals surface area contributed by atoms with Gasteiger partial charge >= 0.3 is 0 Å². The molecule has 68 heavy (non-hydrogen) atoms. The van der Waals surface area contributed by atoms with Crippen molar-refractivity contribution in [1.82, 2.24) is 20.5 Å². The van der Waals surface area contributed by atoms with Gasteiger partial charge in [0.2, 0.25) is 17.7 Å².